The summed E-state index contributed by atoms with van der Waals surface area (Å²) in [5.74, 6) is 0.757. The Balaban J connectivity index is 1.47. The second-order valence-corrected chi connectivity index (χ2v) is 8.93. The number of anilines is 1. The number of nitrogens with one attached hydrogen (secondary N) is 1. The summed E-state index contributed by atoms with van der Waals surface area (Å²) in [5.41, 5.74) is 1.30. The van der Waals surface area contributed by atoms with E-state index >= 15 is 0 Å². The van der Waals surface area contributed by atoms with Crippen molar-refractivity contribution in [2.75, 3.05) is 5.32 Å². The van der Waals surface area contributed by atoms with Gasteiger partial charge in [0.1, 0.15) is 27.6 Å². The third kappa shape index (κ3) is 5.42. The number of benzene rings is 3. The van der Waals surface area contributed by atoms with Crippen molar-refractivity contribution in [3.05, 3.63) is 89.3 Å². The number of thioether (sulfide) groups is 1. The van der Waals surface area contributed by atoms with Gasteiger partial charge < -0.3 is 15.2 Å². The van der Waals surface area contributed by atoms with Crippen LogP contribution in [0, 0.1) is 0 Å². The molecule has 0 radical (unpaired) electrons. The minimum absolute atomic E-state index is 0.0985. The lowest BCUT2D eigenvalue weighted by molar-refractivity contribution is -0.129. The second-order valence-electron chi connectivity index (χ2n) is 7.25. The van der Waals surface area contributed by atoms with Gasteiger partial charge in [-0.15, -0.1) is 0 Å². The second kappa shape index (κ2) is 9.89. The molecule has 166 valence electrons. The van der Waals surface area contributed by atoms with Crippen molar-refractivity contribution in [2.24, 2.45) is 0 Å². The minimum Gasteiger partial charge on any atom is -0.508 e. The van der Waals surface area contributed by atoms with Crippen molar-refractivity contribution in [3.63, 3.8) is 0 Å². The Labute approximate surface area is 200 Å². The van der Waals surface area contributed by atoms with Crippen LogP contribution in [0.3, 0.4) is 0 Å². The number of hydrogen-bond donors (Lipinski definition) is 2. The monoisotopic (exact) mass is 476 g/mol. The van der Waals surface area contributed by atoms with E-state index in [1.54, 1.807) is 25.1 Å². The molecule has 1 atom stereocenters. The molecule has 4 rings (SSSR count). The highest BCUT2D eigenvalue weighted by Gasteiger charge is 2.38. The van der Waals surface area contributed by atoms with Gasteiger partial charge in [0.2, 0.25) is 5.91 Å². The number of hydrogen-bond acceptors (Lipinski definition) is 6. The van der Waals surface area contributed by atoms with E-state index in [-0.39, 0.29) is 17.6 Å². The fourth-order valence-electron chi connectivity index (χ4n) is 3.17. The first-order valence-electron chi connectivity index (χ1n) is 10.1. The molecule has 6 nitrogen and oxygen atoms in total. The summed E-state index contributed by atoms with van der Waals surface area (Å²) in [6.07, 6.45) is 1.74. The van der Waals surface area contributed by atoms with Crippen molar-refractivity contribution >= 4 is 51.9 Å². The Bertz CT molecular complexity index is 1230. The van der Waals surface area contributed by atoms with Gasteiger partial charge in [0.25, 0.3) is 5.91 Å². The summed E-state index contributed by atoms with van der Waals surface area (Å²) in [7, 11) is 0. The van der Waals surface area contributed by atoms with Crippen molar-refractivity contribution in [3.8, 4) is 17.2 Å². The predicted molar refractivity (Wildman–Crippen MR) is 134 cm³/mol. The van der Waals surface area contributed by atoms with E-state index in [9.17, 15) is 14.7 Å². The lowest BCUT2D eigenvalue weighted by Gasteiger charge is -2.22. The van der Waals surface area contributed by atoms with Crippen LogP contribution in [0.2, 0.25) is 0 Å². The summed E-state index contributed by atoms with van der Waals surface area (Å²) in [5, 5.41) is 12.1. The van der Waals surface area contributed by atoms with E-state index in [0.29, 0.717) is 20.7 Å². The predicted octanol–water partition coefficient (Wildman–Crippen LogP) is 5.41. The number of nitrogens with zero attached hydrogens (tertiary/aromatic N) is 1. The summed E-state index contributed by atoms with van der Waals surface area (Å²) in [4.78, 5) is 27.5. The van der Waals surface area contributed by atoms with Gasteiger partial charge in [0.15, 0.2) is 0 Å². The first kappa shape index (κ1) is 22.6. The molecule has 3 aromatic rings. The Hall–Kier alpha value is -3.62. The number of phenolic OH excluding ortho intramolecular Hbond substituents is 1. The average Bonchev–Trinajstić information content (AvgIpc) is 3.08. The van der Waals surface area contributed by atoms with Crippen LogP contribution < -0.4 is 10.1 Å². The summed E-state index contributed by atoms with van der Waals surface area (Å²) in [6, 6.07) is 22.1. The normalized spacial score (nSPS) is 15.5. The topological polar surface area (TPSA) is 78.9 Å². The van der Waals surface area contributed by atoms with E-state index in [2.05, 4.69) is 5.32 Å². The van der Waals surface area contributed by atoms with Crippen molar-refractivity contribution in [2.45, 2.75) is 13.0 Å². The van der Waals surface area contributed by atoms with Gasteiger partial charge in [0.05, 0.1) is 4.91 Å². The van der Waals surface area contributed by atoms with E-state index in [1.165, 1.54) is 17.0 Å². The first-order chi connectivity index (χ1) is 15.9. The lowest BCUT2D eigenvalue weighted by atomic mass is 10.2. The van der Waals surface area contributed by atoms with E-state index in [0.717, 1.165) is 23.1 Å². The third-order valence-electron chi connectivity index (χ3n) is 4.86. The number of carbonyl (C=O) groups excluding carboxylic acids is 2. The number of phenols is 1. The third-order valence-corrected chi connectivity index (χ3v) is 6.19. The van der Waals surface area contributed by atoms with Crippen LogP contribution in [0.4, 0.5) is 5.69 Å². The van der Waals surface area contributed by atoms with Gasteiger partial charge >= 0.3 is 0 Å². The fraction of sp³-hybridized carbons (Fsp3) is 0.0800. The summed E-state index contributed by atoms with van der Waals surface area (Å²) < 4.78 is 6.18. The first-order valence-corrected chi connectivity index (χ1v) is 11.3. The van der Waals surface area contributed by atoms with Crippen LogP contribution in [0.15, 0.2) is 83.8 Å². The zero-order valence-corrected chi connectivity index (χ0v) is 19.2. The number of rotatable bonds is 6. The maximum absolute atomic E-state index is 13.0. The van der Waals surface area contributed by atoms with Crippen LogP contribution >= 0.6 is 24.0 Å². The molecule has 1 unspecified atom stereocenters. The summed E-state index contributed by atoms with van der Waals surface area (Å²) in [6.45, 7) is 1.62. The van der Waals surface area contributed by atoms with Crippen LogP contribution in [-0.4, -0.2) is 32.2 Å². The SMILES string of the molecule is CC(C(=O)Nc1ccc(O)cc1)N1C(=O)/C(=C/c2cccc(Oc3ccccc3)c2)SC1=S. The number of thiocarbonyl (C=S) groups is 1. The maximum atomic E-state index is 13.0. The molecule has 3 aromatic carbocycles. The van der Waals surface area contributed by atoms with E-state index < -0.39 is 6.04 Å². The molecule has 1 fully saturated rings. The molecule has 0 spiro atoms. The van der Waals surface area contributed by atoms with Crippen LogP contribution in [-0.2, 0) is 9.59 Å². The number of ether oxygens (including phenoxy) is 1. The zero-order chi connectivity index (χ0) is 23.4. The molecule has 2 N–H and O–H groups in total. The highest BCUT2D eigenvalue weighted by molar-refractivity contribution is 8.26. The standard InChI is InChI=1S/C25H20N2O4S2/c1-16(23(29)26-18-10-12-19(28)13-11-18)27-24(30)22(33-25(27)32)15-17-6-5-9-21(14-17)31-20-7-3-2-4-8-20/h2-16,28H,1H3,(H,26,29)/b22-15-. The Kier molecular flexibility index (Phi) is 6.76. The van der Waals surface area contributed by atoms with Gasteiger partial charge in [-0.05, 0) is 67.1 Å². The molecule has 1 aliphatic rings. The van der Waals surface area contributed by atoms with Crippen molar-refractivity contribution in [1.82, 2.24) is 4.90 Å². The van der Waals surface area contributed by atoms with Gasteiger partial charge in [-0.25, -0.2) is 0 Å². The smallest absolute Gasteiger partial charge is 0.266 e. The van der Waals surface area contributed by atoms with Crippen LogP contribution in [0.1, 0.15) is 12.5 Å². The van der Waals surface area contributed by atoms with E-state index in [4.69, 9.17) is 17.0 Å². The van der Waals surface area contributed by atoms with Gasteiger partial charge in [-0.2, -0.15) is 0 Å². The molecule has 1 heterocycles. The van der Waals surface area contributed by atoms with Crippen molar-refractivity contribution < 1.29 is 19.4 Å². The average molecular weight is 477 g/mol. The fourth-order valence-corrected chi connectivity index (χ4v) is 4.58. The molecule has 2 amide bonds. The van der Waals surface area contributed by atoms with Crippen LogP contribution in [0.25, 0.3) is 6.08 Å². The van der Waals surface area contributed by atoms with Gasteiger partial charge in [0, 0.05) is 5.69 Å². The van der Waals surface area contributed by atoms with Gasteiger partial charge in [-0.3, -0.25) is 14.5 Å². The summed E-state index contributed by atoms with van der Waals surface area (Å²) >= 11 is 6.55. The Morgan fingerprint density at radius 3 is 2.48 bits per heavy atom. The lowest BCUT2D eigenvalue weighted by Crippen LogP contribution is -2.44. The molecule has 0 aliphatic carbocycles. The highest BCUT2D eigenvalue weighted by Crippen LogP contribution is 2.35. The largest absolute Gasteiger partial charge is 0.508 e. The number of aromatic hydroxyl groups is 1. The molecule has 0 aromatic heterocycles. The molecular formula is C25H20N2O4S2. The number of amides is 2. The molecule has 33 heavy (non-hydrogen) atoms. The molecular weight excluding hydrogens is 456 g/mol. The molecule has 0 bridgehead atoms. The number of carbonyl (C=O) groups is 2. The van der Waals surface area contributed by atoms with Crippen molar-refractivity contribution in [1.29, 1.82) is 0 Å². The Morgan fingerprint density at radius 2 is 1.76 bits per heavy atom. The quantitative estimate of drug-likeness (QED) is 0.281. The molecule has 8 heteroatoms. The zero-order valence-electron chi connectivity index (χ0n) is 17.6. The number of para-hydroxylation sites is 1. The molecule has 0 saturated carbocycles. The molecule has 1 aliphatic heterocycles. The highest BCUT2D eigenvalue weighted by atomic mass is 32.2. The van der Waals surface area contributed by atoms with Crippen LogP contribution in [0.5, 0.6) is 17.2 Å². The minimum atomic E-state index is -0.801. The maximum Gasteiger partial charge on any atom is 0.266 e. The molecule has 1 saturated heterocycles. The van der Waals surface area contributed by atoms with E-state index in [1.807, 2.05) is 54.6 Å². The van der Waals surface area contributed by atoms with Gasteiger partial charge in [-0.1, -0.05) is 54.3 Å². The Morgan fingerprint density at radius 1 is 1.06 bits per heavy atom.